The Balaban J connectivity index is 1.19. The molecule has 2 saturated heterocycles. The number of pyridine rings is 1. The molecule has 0 saturated carbocycles. The van der Waals surface area contributed by atoms with E-state index in [-0.39, 0.29) is 29.2 Å². The Morgan fingerprint density at radius 2 is 1.86 bits per heavy atom. The summed E-state index contributed by atoms with van der Waals surface area (Å²) in [7, 11) is 1.99. The minimum Gasteiger partial charge on any atom is -0.391 e. The fourth-order valence-corrected chi connectivity index (χ4v) is 5.56. The zero-order valence-electron chi connectivity index (χ0n) is 20.6. The summed E-state index contributed by atoms with van der Waals surface area (Å²) in [6.07, 6.45) is 8.14. The molecule has 0 aromatic carbocycles. The van der Waals surface area contributed by atoms with Gasteiger partial charge in [0.2, 0.25) is 17.7 Å². The molecule has 2 aromatic heterocycles. The van der Waals surface area contributed by atoms with E-state index in [9.17, 15) is 14.4 Å². The molecule has 0 atom stereocenters. The van der Waals surface area contributed by atoms with Crippen LogP contribution >= 0.6 is 11.8 Å². The molecule has 0 bridgehead atoms. The summed E-state index contributed by atoms with van der Waals surface area (Å²) in [4.78, 5) is 48.9. The molecule has 4 rings (SSSR count). The van der Waals surface area contributed by atoms with Crippen molar-refractivity contribution in [2.24, 2.45) is 18.4 Å². The average Bonchev–Trinajstić information content (AvgIpc) is 3.22. The van der Waals surface area contributed by atoms with Crippen molar-refractivity contribution in [3.63, 3.8) is 0 Å². The summed E-state index contributed by atoms with van der Waals surface area (Å²) in [5.74, 6) is 1.54. The molecule has 35 heavy (non-hydrogen) atoms. The number of amides is 3. The van der Waals surface area contributed by atoms with Crippen molar-refractivity contribution in [2.45, 2.75) is 51.1 Å². The zero-order valence-corrected chi connectivity index (χ0v) is 21.4. The van der Waals surface area contributed by atoms with Crippen LogP contribution in [0.2, 0.25) is 0 Å². The zero-order chi connectivity index (χ0) is 25.0. The van der Waals surface area contributed by atoms with Gasteiger partial charge in [0.25, 0.3) is 0 Å². The average molecular weight is 500 g/mol. The number of rotatable bonds is 7. The molecular formula is C25H33N5O4S. The largest absolute Gasteiger partial charge is 0.416 e. The second-order valence-corrected chi connectivity index (χ2v) is 11.1. The van der Waals surface area contributed by atoms with Gasteiger partial charge < -0.3 is 14.2 Å². The predicted molar refractivity (Wildman–Crippen MR) is 132 cm³/mol. The highest BCUT2D eigenvalue weighted by Crippen LogP contribution is 2.31. The lowest BCUT2D eigenvalue weighted by Crippen LogP contribution is -2.46. The topological polar surface area (TPSA) is 97.6 Å². The lowest BCUT2D eigenvalue weighted by atomic mass is 9.81. The number of likely N-dealkylation sites (tertiary alicyclic amines) is 2. The van der Waals surface area contributed by atoms with Crippen LogP contribution in [0, 0.1) is 11.3 Å². The van der Waals surface area contributed by atoms with Crippen LogP contribution in [0.15, 0.2) is 35.9 Å². The van der Waals surface area contributed by atoms with Gasteiger partial charge in [-0.05, 0) is 36.2 Å². The minimum atomic E-state index is -0.382. The van der Waals surface area contributed by atoms with E-state index in [1.54, 1.807) is 35.1 Å². The van der Waals surface area contributed by atoms with Crippen LogP contribution in [-0.4, -0.2) is 67.6 Å². The van der Waals surface area contributed by atoms with Gasteiger partial charge >= 0.3 is 6.09 Å². The highest BCUT2D eigenvalue weighted by molar-refractivity contribution is 7.99. The number of hydrogen-bond donors (Lipinski definition) is 0. The molecular weight excluding hydrogens is 466 g/mol. The standard InChI is InChI=1S/C25H33N5O4S/c1-25(2)14-21(31)30(22(32)15-25)12-8-18-4-5-20(27-16-18)34-24(33)29-10-6-19(7-11-29)17-35-23-26-9-13-28(23)3/h4-5,9,13,16,19H,6-8,10-12,14-15,17H2,1-3H3. The summed E-state index contributed by atoms with van der Waals surface area (Å²) in [6, 6.07) is 3.48. The lowest BCUT2D eigenvalue weighted by molar-refractivity contribution is -0.152. The van der Waals surface area contributed by atoms with Crippen molar-refractivity contribution in [2.75, 3.05) is 25.4 Å². The molecule has 0 aliphatic carbocycles. The van der Waals surface area contributed by atoms with Gasteiger partial charge in [0.05, 0.1) is 0 Å². The van der Waals surface area contributed by atoms with Gasteiger partial charge in [0.15, 0.2) is 5.16 Å². The highest BCUT2D eigenvalue weighted by Gasteiger charge is 2.37. The van der Waals surface area contributed by atoms with Crippen LogP contribution in [0.5, 0.6) is 5.88 Å². The third-order valence-corrected chi connectivity index (χ3v) is 7.86. The Labute approximate surface area is 210 Å². The van der Waals surface area contributed by atoms with E-state index in [4.69, 9.17) is 4.74 Å². The van der Waals surface area contributed by atoms with Gasteiger partial charge in [0.1, 0.15) is 0 Å². The molecule has 0 unspecified atom stereocenters. The summed E-state index contributed by atoms with van der Waals surface area (Å²) >= 11 is 1.75. The van der Waals surface area contributed by atoms with Crippen LogP contribution in [0.1, 0.15) is 45.1 Å². The highest BCUT2D eigenvalue weighted by atomic mass is 32.2. The number of aromatic nitrogens is 3. The summed E-state index contributed by atoms with van der Waals surface area (Å²) < 4.78 is 7.49. The Hall–Kier alpha value is -2.88. The molecule has 0 N–H and O–H groups in total. The SMILES string of the molecule is Cn1ccnc1SCC1CCN(C(=O)Oc2ccc(CCN3C(=O)CC(C)(C)CC3=O)cn2)CC1. The van der Waals surface area contributed by atoms with Crippen molar-refractivity contribution >= 4 is 29.7 Å². The van der Waals surface area contributed by atoms with Gasteiger partial charge in [0, 0.05) is 69.9 Å². The molecule has 2 aromatic rings. The van der Waals surface area contributed by atoms with Crippen molar-refractivity contribution < 1.29 is 19.1 Å². The predicted octanol–water partition coefficient (Wildman–Crippen LogP) is 3.54. The number of imidazole rings is 1. The number of carbonyl (C=O) groups is 3. The molecule has 2 aliphatic heterocycles. The van der Waals surface area contributed by atoms with Crippen LogP contribution in [-0.2, 0) is 23.1 Å². The monoisotopic (exact) mass is 499 g/mol. The maximum Gasteiger partial charge on any atom is 0.416 e. The number of carbonyl (C=O) groups excluding carboxylic acids is 3. The third kappa shape index (κ3) is 6.62. The number of nitrogens with zero attached hydrogens (tertiary/aromatic N) is 5. The fraction of sp³-hybridized carbons (Fsp3) is 0.560. The third-order valence-electron chi connectivity index (χ3n) is 6.57. The molecule has 3 amide bonds. The molecule has 0 radical (unpaired) electrons. The smallest absolute Gasteiger partial charge is 0.391 e. The lowest BCUT2D eigenvalue weighted by Gasteiger charge is -2.34. The second-order valence-electron chi connectivity index (χ2n) is 10.1. The number of ether oxygens (including phenoxy) is 1. The molecule has 188 valence electrons. The normalized spacial score (nSPS) is 18.7. The van der Waals surface area contributed by atoms with Crippen molar-refractivity contribution in [3.05, 3.63) is 36.3 Å². The van der Waals surface area contributed by atoms with Crippen molar-refractivity contribution in [1.82, 2.24) is 24.3 Å². The van der Waals surface area contributed by atoms with Crippen LogP contribution in [0.25, 0.3) is 0 Å². The number of aryl methyl sites for hydroxylation is 1. The van der Waals surface area contributed by atoms with E-state index in [0.717, 1.165) is 29.3 Å². The Bertz CT molecular complexity index is 1040. The van der Waals surface area contributed by atoms with E-state index in [1.165, 1.54) is 4.90 Å². The number of piperidine rings is 2. The minimum absolute atomic E-state index is 0.122. The molecule has 2 aliphatic rings. The first-order chi connectivity index (χ1) is 16.7. The first-order valence-electron chi connectivity index (χ1n) is 12.1. The van der Waals surface area contributed by atoms with Gasteiger partial charge in [-0.1, -0.05) is 31.7 Å². The van der Waals surface area contributed by atoms with E-state index in [0.29, 0.717) is 44.8 Å². The van der Waals surface area contributed by atoms with Crippen LogP contribution < -0.4 is 4.74 Å². The molecule has 2 fully saturated rings. The Morgan fingerprint density at radius 1 is 1.14 bits per heavy atom. The molecule has 10 heteroatoms. The van der Waals surface area contributed by atoms with Gasteiger partial charge in [-0.2, -0.15) is 0 Å². The molecule has 0 spiro atoms. The van der Waals surface area contributed by atoms with Gasteiger partial charge in [-0.3, -0.25) is 14.5 Å². The summed E-state index contributed by atoms with van der Waals surface area (Å²) in [5, 5.41) is 1.01. The van der Waals surface area contributed by atoms with E-state index >= 15 is 0 Å². The van der Waals surface area contributed by atoms with Crippen molar-refractivity contribution in [1.29, 1.82) is 0 Å². The number of thioether (sulfide) groups is 1. The molecule has 4 heterocycles. The van der Waals surface area contributed by atoms with E-state index < -0.39 is 0 Å². The number of hydrogen-bond acceptors (Lipinski definition) is 7. The second kappa shape index (κ2) is 10.8. The molecule has 9 nitrogen and oxygen atoms in total. The van der Waals surface area contributed by atoms with Gasteiger partial charge in [-0.25, -0.2) is 14.8 Å². The first-order valence-corrected chi connectivity index (χ1v) is 13.0. The Morgan fingerprint density at radius 3 is 2.46 bits per heavy atom. The fourth-order valence-electron chi connectivity index (χ4n) is 4.44. The Kier molecular flexibility index (Phi) is 7.78. The maximum absolute atomic E-state index is 12.6. The van der Waals surface area contributed by atoms with Crippen LogP contribution in [0.3, 0.4) is 0 Å². The quantitative estimate of drug-likeness (QED) is 0.425. The summed E-state index contributed by atoms with van der Waals surface area (Å²) in [5.41, 5.74) is 0.604. The van der Waals surface area contributed by atoms with E-state index in [2.05, 4.69) is 9.97 Å². The van der Waals surface area contributed by atoms with Gasteiger partial charge in [-0.15, -0.1) is 0 Å². The first kappa shape index (κ1) is 25.2. The van der Waals surface area contributed by atoms with Crippen molar-refractivity contribution in [3.8, 4) is 5.88 Å². The van der Waals surface area contributed by atoms with Crippen LogP contribution in [0.4, 0.5) is 4.79 Å². The van der Waals surface area contributed by atoms with E-state index in [1.807, 2.05) is 37.7 Å². The number of imide groups is 1. The summed E-state index contributed by atoms with van der Waals surface area (Å²) in [6.45, 7) is 5.54. The maximum atomic E-state index is 12.6.